The summed E-state index contributed by atoms with van der Waals surface area (Å²) in [6.07, 6.45) is 0. The SMILES string of the molecule is Cc1cc(Cl)ccc1OP(O)O. The largest absolute Gasteiger partial charge is 0.427 e. The summed E-state index contributed by atoms with van der Waals surface area (Å²) in [5.74, 6) is 0.440. The van der Waals surface area contributed by atoms with Crippen LogP contribution in [0, 0.1) is 6.92 Å². The lowest BCUT2D eigenvalue weighted by atomic mass is 10.2. The zero-order valence-electron chi connectivity index (χ0n) is 6.36. The first-order valence-corrected chi connectivity index (χ1v) is 4.76. The van der Waals surface area contributed by atoms with Crippen molar-refractivity contribution in [3.05, 3.63) is 28.8 Å². The van der Waals surface area contributed by atoms with Gasteiger partial charge in [0.15, 0.2) is 0 Å². The van der Waals surface area contributed by atoms with Gasteiger partial charge in [-0.3, -0.25) is 0 Å². The zero-order valence-corrected chi connectivity index (χ0v) is 8.01. The molecule has 3 nitrogen and oxygen atoms in total. The Morgan fingerprint density at radius 2 is 2.08 bits per heavy atom. The first-order chi connectivity index (χ1) is 5.59. The average molecular weight is 207 g/mol. The Bertz CT molecular complexity index is 277. The van der Waals surface area contributed by atoms with E-state index in [4.69, 9.17) is 25.9 Å². The van der Waals surface area contributed by atoms with E-state index in [1.54, 1.807) is 25.1 Å². The zero-order chi connectivity index (χ0) is 9.14. The molecule has 1 aromatic rings. The van der Waals surface area contributed by atoms with E-state index in [0.717, 1.165) is 5.56 Å². The summed E-state index contributed by atoms with van der Waals surface area (Å²) < 4.78 is 4.72. The molecule has 0 fully saturated rings. The summed E-state index contributed by atoms with van der Waals surface area (Å²) in [6.45, 7) is 1.78. The molecule has 2 N–H and O–H groups in total. The molecule has 0 aliphatic carbocycles. The van der Waals surface area contributed by atoms with Crippen LogP contribution in [-0.2, 0) is 0 Å². The van der Waals surface area contributed by atoms with Crippen LogP contribution in [0.4, 0.5) is 0 Å². The molecular weight excluding hydrogens is 199 g/mol. The molecule has 1 aromatic carbocycles. The Labute approximate surface area is 76.6 Å². The van der Waals surface area contributed by atoms with Crippen molar-refractivity contribution in [3.63, 3.8) is 0 Å². The van der Waals surface area contributed by atoms with Crippen LogP contribution in [0.15, 0.2) is 18.2 Å². The van der Waals surface area contributed by atoms with Crippen LogP contribution < -0.4 is 4.52 Å². The molecular formula is C7H8ClO3P. The Morgan fingerprint density at radius 1 is 1.42 bits per heavy atom. The van der Waals surface area contributed by atoms with Gasteiger partial charge in [-0.15, -0.1) is 0 Å². The van der Waals surface area contributed by atoms with Gasteiger partial charge < -0.3 is 14.3 Å². The van der Waals surface area contributed by atoms with Gasteiger partial charge in [-0.2, -0.15) is 0 Å². The normalized spacial score (nSPS) is 10.4. The summed E-state index contributed by atoms with van der Waals surface area (Å²) in [7, 11) is -2.35. The van der Waals surface area contributed by atoms with Gasteiger partial charge in [-0.1, -0.05) is 11.6 Å². The molecule has 0 aromatic heterocycles. The second-order valence-electron chi connectivity index (χ2n) is 2.25. The maximum Gasteiger partial charge on any atom is 0.391 e. The summed E-state index contributed by atoms with van der Waals surface area (Å²) in [4.78, 5) is 17.1. The summed E-state index contributed by atoms with van der Waals surface area (Å²) in [6, 6.07) is 4.91. The van der Waals surface area contributed by atoms with Gasteiger partial charge in [0.05, 0.1) is 0 Å². The highest BCUT2D eigenvalue weighted by Gasteiger charge is 2.05. The lowest BCUT2D eigenvalue weighted by Gasteiger charge is -2.07. The van der Waals surface area contributed by atoms with Crippen LogP contribution in [-0.4, -0.2) is 9.79 Å². The Morgan fingerprint density at radius 3 is 2.58 bits per heavy atom. The molecule has 0 saturated carbocycles. The number of hydrogen-bond donors (Lipinski definition) is 2. The van der Waals surface area contributed by atoms with Gasteiger partial charge in [-0.25, -0.2) is 0 Å². The van der Waals surface area contributed by atoms with Gasteiger partial charge in [0.1, 0.15) is 5.75 Å². The predicted octanol–water partition coefficient (Wildman–Crippen LogP) is 2.24. The van der Waals surface area contributed by atoms with E-state index in [0.29, 0.717) is 10.8 Å². The fraction of sp³-hybridized carbons (Fsp3) is 0.143. The summed E-state index contributed by atoms with van der Waals surface area (Å²) >= 11 is 5.68. The predicted molar refractivity (Wildman–Crippen MR) is 48.2 cm³/mol. The van der Waals surface area contributed by atoms with E-state index in [9.17, 15) is 0 Å². The van der Waals surface area contributed by atoms with Gasteiger partial charge in [0.2, 0.25) is 0 Å². The molecule has 0 atom stereocenters. The Balaban J connectivity index is 2.86. The lowest BCUT2D eigenvalue weighted by molar-refractivity contribution is 0.374. The first-order valence-electron chi connectivity index (χ1n) is 3.21. The van der Waals surface area contributed by atoms with Crippen molar-refractivity contribution in [1.29, 1.82) is 0 Å². The van der Waals surface area contributed by atoms with E-state index in [2.05, 4.69) is 0 Å². The van der Waals surface area contributed by atoms with E-state index in [1.165, 1.54) is 0 Å². The number of halogens is 1. The maximum atomic E-state index is 8.56. The third kappa shape index (κ3) is 2.61. The van der Waals surface area contributed by atoms with Crippen molar-refractivity contribution in [1.82, 2.24) is 0 Å². The van der Waals surface area contributed by atoms with Crippen molar-refractivity contribution in [3.8, 4) is 5.75 Å². The lowest BCUT2D eigenvalue weighted by Crippen LogP contribution is -1.87. The third-order valence-electron chi connectivity index (χ3n) is 1.32. The molecule has 0 aliphatic rings. The Kier molecular flexibility index (Phi) is 3.29. The van der Waals surface area contributed by atoms with Crippen molar-refractivity contribution in [2.24, 2.45) is 0 Å². The molecule has 0 spiro atoms. The molecule has 0 bridgehead atoms. The summed E-state index contributed by atoms with van der Waals surface area (Å²) in [5, 5.41) is 0.597. The highest BCUT2D eigenvalue weighted by atomic mass is 35.5. The van der Waals surface area contributed by atoms with Crippen LogP contribution in [0.2, 0.25) is 5.02 Å². The average Bonchev–Trinajstić information content (AvgIpc) is 1.94. The van der Waals surface area contributed by atoms with E-state index < -0.39 is 8.60 Å². The minimum atomic E-state index is -2.35. The number of rotatable bonds is 2. The smallest absolute Gasteiger partial charge is 0.391 e. The Hall–Kier alpha value is -0.340. The second kappa shape index (κ2) is 4.06. The number of aryl methyl sites for hydroxylation is 1. The van der Waals surface area contributed by atoms with E-state index in [-0.39, 0.29) is 0 Å². The van der Waals surface area contributed by atoms with Crippen molar-refractivity contribution < 1.29 is 14.3 Å². The first kappa shape index (κ1) is 9.75. The van der Waals surface area contributed by atoms with Gasteiger partial charge in [0.25, 0.3) is 0 Å². The van der Waals surface area contributed by atoms with Crippen LogP contribution in [0.3, 0.4) is 0 Å². The number of hydrogen-bond acceptors (Lipinski definition) is 3. The molecule has 5 heteroatoms. The fourth-order valence-electron chi connectivity index (χ4n) is 0.803. The quantitative estimate of drug-likeness (QED) is 0.730. The molecule has 0 aliphatic heterocycles. The van der Waals surface area contributed by atoms with Gasteiger partial charge in [-0.05, 0) is 30.7 Å². The van der Waals surface area contributed by atoms with E-state index in [1.807, 2.05) is 0 Å². The molecule has 1 rings (SSSR count). The highest BCUT2D eigenvalue weighted by Crippen LogP contribution is 2.32. The monoisotopic (exact) mass is 206 g/mol. The maximum absolute atomic E-state index is 8.56. The molecule has 66 valence electrons. The van der Waals surface area contributed by atoms with Crippen LogP contribution in [0.25, 0.3) is 0 Å². The minimum Gasteiger partial charge on any atom is -0.427 e. The molecule has 0 amide bonds. The third-order valence-corrected chi connectivity index (χ3v) is 1.91. The molecule has 12 heavy (non-hydrogen) atoms. The van der Waals surface area contributed by atoms with Crippen molar-refractivity contribution >= 4 is 20.2 Å². The van der Waals surface area contributed by atoms with Crippen LogP contribution in [0.1, 0.15) is 5.56 Å². The standard InChI is InChI=1S/C7H8ClO3P/c1-5-4-6(8)2-3-7(5)11-12(9)10/h2-4,9-10H,1H3. The molecule has 0 unspecified atom stereocenters. The second-order valence-corrected chi connectivity index (χ2v) is 3.38. The van der Waals surface area contributed by atoms with Crippen molar-refractivity contribution in [2.75, 3.05) is 0 Å². The highest BCUT2D eigenvalue weighted by molar-refractivity contribution is 7.39. The van der Waals surface area contributed by atoms with Crippen LogP contribution >= 0.6 is 20.2 Å². The fourth-order valence-corrected chi connectivity index (χ4v) is 1.41. The van der Waals surface area contributed by atoms with E-state index >= 15 is 0 Å². The van der Waals surface area contributed by atoms with Crippen LogP contribution in [0.5, 0.6) is 5.75 Å². The summed E-state index contributed by atoms with van der Waals surface area (Å²) in [5.41, 5.74) is 0.776. The molecule has 0 heterocycles. The number of benzene rings is 1. The van der Waals surface area contributed by atoms with Gasteiger partial charge >= 0.3 is 8.60 Å². The minimum absolute atomic E-state index is 0.440. The topological polar surface area (TPSA) is 49.7 Å². The molecule has 0 saturated heterocycles. The van der Waals surface area contributed by atoms with Crippen molar-refractivity contribution in [2.45, 2.75) is 6.92 Å². The van der Waals surface area contributed by atoms with Gasteiger partial charge in [0, 0.05) is 5.02 Å². The molecule has 0 radical (unpaired) electrons.